The Labute approximate surface area is 191 Å². The van der Waals surface area contributed by atoms with E-state index in [0.29, 0.717) is 11.8 Å². The minimum absolute atomic E-state index is 0.371. The summed E-state index contributed by atoms with van der Waals surface area (Å²) in [4.78, 5) is 2.75. The van der Waals surface area contributed by atoms with Crippen LogP contribution in [-0.2, 0) is 0 Å². The first-order chi connectivity index (χ1) is 14.9. The molecule has 31 heavy (non-hydrogen) atoms. The van der Waals surface area contributed by atoms with Crippen LogP contribution in [0.2, 0.25) is 0 Å². The summed E-state index contributed by atoms with van der Waals surface area (Å²) in [6.45, 7) is 10.2. The molecule has 4 aliphatic rings. The van der Waals surface area contributed by atoms with E-state index in [-0.39, 0.29) is 12.2 Å². The zero-order valence-electron chi connectivity index (χ0n) is 20.4. The monoisotopic (exact) mass is 429 g/mol. The van der Waals surface area contributed by atoms with Gasteiger partial charge in [0.25, 0.3) is 0 Å². The predicted molar refractivity (Wildman–Crippen MR) is 129 cm³/mol. The van der Waals surface area contributed by atoms with Gasteiger partial charge in [0, 0.05) is 6.04 Å². The third-order valence-corrected chi connectivity index (χ3v) is 9.61. The number of rotatable bonds is 5. The normalized spacial score (nSPS) is 41.9. The van der Waals surface area contributed by atoms with Gasteiger partial charge in [0.15, 0.2) is 0 Å². The van der Waals surface area contributed by atoms with E-state index < -0.39 is 0 Å². The second-order valence-corrected chi connectivity index (χ2v) is 11.8. The number of nitrogens with zero attached hydrogens (tertiary/aromatic N) is 1. The van der Waals surface area contributed by atoms with E-state index >= 15 is 0 Å². The number of hydrogen-bond donors (Lipinski definition) is 2. The fourth-order valence-corrected chi connectivity index (χ4v) is 7.81. The topological polar surface area (TPSA) is 43.7 Å². The average Bonchev–Trinajstić information content (AvgIpc) is 3.08. The zero-order valence-corrected chi connectivity index (χ0v) is 20.4. The maximum absolute atomic E-state index is 10.0. The van der Waals surface area contributed by atoms with Gasteiger partial charge in [-0.25, -0.2) is 0 Å². The number of aliphatic hydroxyl groups excluding tert-OH is 2. The van der Waals surface area contributed by atoms with Gasteiger partial charge in [-0.3, -0.25) is 0 Å². The van der Waals surface area contributed by atoms with Crippen molar-refractivity contribution in [3.63, 3.8) is 0 Å². The quantitative estimate of drug-likeness (QED) is 0.575. The highest BCUT2D eigenvalue weighted by Crippen LogP contribution is 2.59. The van der Waals surface area contributed by atoms with Crippen LogP contribution < -0.4 is 0 Å². The lowest BCUT2D eigenvalue weighted by atomic mass is 9.61. The largest absolute Gasteiger partial charge is 0.393 e. The molecule has 2 N–H and O–H groups in total. The average molecular weight is 430 g/mol. The first-order valence-electron chi connectivity index (χ1n) is 13.4. The highest BCUT2D eigenvalue weighted by atomic mass is 16.3. The Morgan fingerprint density at radius 3 is 2.58 bits per heavy atom. The lowest BCUT2D eigenvalue weighted by Crippen LogP contribution is -2.40. The van der Waals surface area contributed by atoms with E-state index in [1.807, 2.05) is 0 Å². The molecule has 0 aromatic carbocycles. The molecule has 176 valence electrons. The number of aliphatic hydroxyl groups is 2. The molecule has 0 amide bonds. The van der Waals surface area contributed by atoms with Gasteiger partial charge >= 0.3 is 0 Å². The number of likely N-dealkylation sites (tertiary alicyclic amines) is 1. The van der Waals surface area contributed by atoms with Crippen molar-refractivity contribution < 1.29 is 10.2 Å². The van der Waals surface area contributed by atoms with Crippen molar-refractivity contribution in [2.24, 2.45) is 23.2 Å². The molecule has 7 atom stereocenters. The van der Waals surface area contributed by atoms with Crippen LogP contribution in [0.1, 0.15) is 97.8 Å². The Balaban J connectivity index is 1.40. The fraction of sp³-hybridized carbons (Fsp3) is 0.857. The molecule has 1 aliphatic heterocycles. The molecular weight excluding hydrogens is 382 g/mol. The highest BCUT2D eigenvalue weighted by molar-refractivity contribution is 5.26. The second-order valence-electron chi connectivity index (χ2n) is 11.8. The Kier molecular flexibility index (Phi) is 7.66. The van der Waals surface area contributed by atoms with E-state index in [4.69, 9.17) is 0 Å². The van der Waals surface area contributed by atoms with Crippen molar-refractivity contribution in [1.82, 2.24) is 4.90 Å². The van der Waals surface area contributed by atoms with Crippen molar-refractivity contribution in [3.8, 4) is 0 Å². The lowest BCUT2D eigenvalue weighted by molar-refractivity contribution is 0.0609. The molecule has 0 radical (unpaired) electrons. The smallest absolute Gasteiger partial charge is 0.0602 e. The minimum Gasteiger partial charge on any atom is -0.393 e. The molecule has 3 aliphatic carbocycles. The summed E-state index contributed by atoms with van der Waals surface area (Å²) in [7, 11) is 0. The van der Waals surface area contributed by atoms with Crippen LogP contribution in [0.4, 0.5) is 0 Å². The zero-order chi connectivity index (χ0) is 22.0. The number of allylic oxidation sites excluding steroid dienone is 3. The summed E-state index contributed by atoms with van der Waals surface area (Å²) in [5, 5.41) is 20.0. The molecule has 4 fully saturated rings. The van der Waals surface area contributed by atoms with E-state index in [2.05, 4.69) is 37.8 Å². The van der Waals surface area contributed by atoms with E-state index in [1.54, 1.807) is 5.57 Å². The summed E-state index contributed by atoms with van der Waals surface area (Å²) < 4.78 is 0. The number of hydrogen-bond acceptors (Lipinski definition) is 3. The fourth-order valence-electron chi connectivity index (χ4n) is 7.81. The van der Waals surface area contributed by atoms with E-state index in [9.17, 15) is 10.2 Å². The van der Waals surface area contributed by atoms with Gasteiger partial charge in [-0.05, 0) is 114 Å². The van der Waals surface area contributed by atoms with Gasteiger partial charge in [0.2, 0.25) is 0 Å². The second kappa shape index (κ2) is 10.1. The molecule has 0 aromatic heterocycles. The molecule has 0 unspecified atom stereocenters. The summed E-state index contributed by atoms with van der Waals surface area (Å²) >= 11 is 0. The molecule has 0 bridgehead atoms. The Morgan fingerprint density at radius 2 is 1.84 bits per heavy atom. The van der Waals surface area contributed by atoms with Gasteiger partial charge in [-0.2, -0.15) is 0 Å². The third kappa shape index (κ3) is 5.31. The molecule has 0 aromatic rings. The molecule has 1 saturated heterocycles. The summed E-state index contributed by atoms with van der Waals surface area (Å²) in [5.41, 5.74) is 3.33. The molecule has 4 rings (SSSR count). The predicted octanol–water partition coefficient (Wildman–Crippen LogP) is 5.86. The standard InChI is InChI=1S/C28H47NO2/c1-20(13-16-29-15-5-4-7-21(29)2)26-11-12-27-23(8-6-14-28(26,27)3)10-9-22-17-24(30)19-25(31)18-22/h9-10,20-21,24-27,30-31H,4-8,11-19H2,1-3H3/b23-10+/t20-,21-,24-,25-,26-,27+,28-/m1/s1. The molecule has 3 heteroatoms. The van der Waals surface area contributed by atoms with Gasteiger partial charge in [-0.1, -0.05) is 43.6 Å². The molecular formula is C28H47NO2. The summed E-state index contributed by atoms with van der Waals surface area (Å²) in [6, 6.07) is 0.780. The lowest BCUT2D eigenvalue weighted by Gasteiger charge is -2.45. The Morgan fingerprint density at radius 1 is 1.06 bits per heavy atom. The summed E-state index contributed by atoms with van der Waals surface area (Å²) in [6.07, 6.45) is 18.1. The van der Waals surface area contributed by atoms with Gasteiger partial charge in [0.05, 0.1) is 12.2 Å². The van der Waals surface area contributed by atoms with Crippen molar-refractivity contribution in [2.45, 2.75) is 116 Å². The Hall–Kier alpha value is -0.640. The minimum atomic E-state index is -0.371. The molecule has 3 saturated carbocycles. The summed E-state index contributed by atoms with van der Waals surface area (Å²) in [5.74, 6) is 2.40. The van der Waals surface area contributed by atoms with Gasteiger partial charge < -0.3 is 15.1 Å². The molecule has 3 nitrogen and oxygen atoms in total. The van der Waals surface area contributed by atoms with Gasteiger partial charge in [0.1, 0.15) is 0 Å². The maximum Gasteiger partial charge on any atom is 0.0602 e. The van der Waals surface area contributed by atoms with Crippen molar-refractivity contribution in [1.29, 1.82) is 0 Å². The van der Waals surface area contributed by atoms with Crippen LogP contribution in [0.3, 0.4) is 0 Å². The van der Waals surface area contributed by atoms with Crippen LogP contribution in [0.5, 0.6) is 0 Å². The van der Waals surface area contributed by atoms with Crippen molar-refractivity contribution in [3.05, 3.63) is 23.3 Å². The third-order valence-electron chi connectivity index (χ3n) is 9.61. The molecule has 0 spiro atoms. The first kappa shape index (κ1) is 23.5. The van der Waals surface area contributed by atoms with Crippen LogP contribution in [-0.4, -0.2) is 46.5 Å². The molecule has 1 heterocycles. The first-order valence-corrected chi connectivity index (χ1v) is 13.4. The van der Waals surface area contributed by atoms with E-state index in [1.165, 1.54) is 76.5 Å². The van der Waals surface area contributed by atoms with Crippen LogP contribution in [0.25, 0.3) is 0 Å². The van der Waals surface area contributed by atoms with Crippen LogP contribution in [0.15, 0.2) is 23.3 Å². The van der Waals surface area contributed by atoms with Crippen LogP contribution >= 0.6 is 0 Å². The van der Waals surface area contributed by atoms with Crippen molar-refractivity contribution >= 4 is 0 Å². The van der Waals surface area contributed by atoms with Crippen molar-refractivity contribution in [2.75, 3.05) is 13.1 Å². The highest BCUT2D eigenvalue weighted by Gasteiger charge is 2.50. The van der Waals surface area contributed by atoms with Gasteiger partial charge in [-0.15, -0.1) is 0 Å². The Bertz CT molecular complexity index is 658. The maximum atomic E-state index is 10.0. The van der Waals surface area contributed by atoms with Crippen LogP contribution in [0, 0.1) is 23.2 Å². The van der Waals surface area contributed by atoms with E-state index in [0.717, 1.165) is 36.6 Å². The number of piperidine rings is 1. The number of fused-ring (bicyclic) bond motifs is 1. The SMILES string of the molecule is C[C@H](CCN1CCCC[C@H]1C)[C@H]1CC[C@H]2/C(=C/C=C3C[C@@H](O)C[C@H](O)C3)CCC[C@]12C.